The summed E-state index contributed by atoms with van der Waals surface area (Å²) < 4.78 is 0. The average molecular weight is 413 g/mol. The van der Waals surface area contributed by atoms with Crippen molar-refractivity contribution in [1.29, 1.82) is 0 Å². The van der Waals surface area contributed by atoms with Crippen LogP contribution in [0.5, 0.6) is 0 Å². The summed E-state index contributed by atoms with van der Waals surface area (Å²) in [6.45, 7) is 15.0. The van der Waals surface area contributed by atoms with E-state index in [2.05, 4.69) is 47.6 Å². The van der Waals surface area contributed by atoms with Crippen molar-refractivity contribution in [3.05, 3.63) is 11.6 Å². The molecule has 3 saturated carbocycles. The molecule has 0 aliphatic heterocycles. The Morgan fingerprint density at radius 2 is 1.80 bits per heavy atom. The largest absolute Gasteiger partial charge is 0.299 e. The van der Waals surface area contributed by atoms with Crippen LogP contribution < -0.4 is 0 Å². The first-order valence-corrected chi connectivity index (χ1v) is 13.4. The third-order valence-electron chi connectivity index (χ3n) is 11.2. The molecule has 0 spiro atoms. The number of fused-ring (bicyclic) bond motifs is 5. The highest BCUT2D eigenvalue weighted by atomic mass is 16.1. The SMILES string of the molecule is CC[C@H](CC[C@@H](C)[C@H]1CC[C@@H]2[C@@H]3CC=C4CC(=O)CC[C@]4(C)[C@H]3CC[C@@]21C)C(C)C. The van der Waals surface area contributed by atoms with Crippen LogP contribution in [0.25, 0.3) is 0 Å². The molecule has 0 saturated heterocycles. The first-order chi connectivity index (χ1) is 14.2. The Morgan fingerprint density at radius 1 is 1.03 bits per heavy atom. The highest BCUT2D eigenvalue weighted by Crippen LogP contribution is 2.67. The van der Waals surface area contributed by atoms with E-state index in [1.807, 2.05) is 0 Å². The fourth-order valence-corrected chi connectivity index (χ4v) is 9.14. The first kappa shape index (κ1) is 22.6. The molecule has 170 valence electrons. The van der Waals surface area contributed by atoms with E-state index in [-0.39, 0.29) is 0 Å². The number of Topliss-reactive ketones (excluding diaryl/α,β-unsaturated/α-hetero) is 1. The highest BCUT2D eigenvalue weighted by Gasteiger charge is 2.59. The van der Waals surface area contributed by atoms with Crippen molar-refractivity contribution in [2.45, 2.75) is 112 Å². The number of rotatable bonds is 6. The van der Waals surface area contributed by atoms with E-state index in [4.69, 9.17) is 0 Å². The van der Waals surface area contributed by atoms with E-state index < -0.39 is 0 Å². The molecule has 4 aliphatic carbocycles. The molecule has 0 aromatic rings. The Hall–Kier alpha value is -0.590. The van der Waals surface area contributed by atoms with E-state index in [1.165, 1.54) is 56.9 Å². The van der Waals surface area contributed by atoms with Crippen LogP contribution in [0.3, 0.4) is 0 Å². The molecule has 8 atom stereocenters. The van der Waals surface area contributed by atoms with Gasteiger partial charge in [-0.05, 0) is 97.2 Å². The lowest BCUT2D eigenvalue weighted by Gasteiger charge is -2.58. The van der Waals surface area contributed by atoms with Gasteiger partial charge in [-0.3, -0.25) is 4.79 Å². The summed E-state index contributed by atoms with van der Waals surface area (Å²) in [6.07, 6.45) is 16.5. The highest BCUT2D eigenvalue weighted by molar-refractivity contribution is 5.82. The van der Waals surface area contributed by atoms with Gasteiger partial charge in [-0.2, -0.15) is 0 Å². The average Bonchev–Trinajstić information content (AvgIpc) is 3.06. The summed E-state index contributed by atoms with van der Waals surface area (Å²) >= 11 is 0. The zero-order valence-corrected chi connectivity index (χ0v) is 20.8. The van der Waals surface area contributed by atoms with Gasteiger partial charge >= 0.3 is 0 Å². The molecule has 4 rings (SSSR count). The van der Waals surface area contributed by atoms with E-state index in [0.29, 0.717) is 16.6 Å². The first-order valence-electron chi connectivity index (χ1n) is 13.4. The molecule has 30 heavy (non-hydrogen) atoms. The fraction of sp³-hybridized carbons (Fsp3) is 0.897. The number of allylic oxidation sites excluding steroid dienone is 2. The predicted molar refractivity (Wildman–Crippen MR) is 127 cm³/mol. The monoisotopic (exact) mass is 412 g/mol. The summed E-state index contributed by atoms with van der Waals surface area (Å²) in [4.78, 5) is 12.1. The molecular formula is C29H48O. The van der Waals surface area contributed by atoms with Gasteiger partial charge < -0.3 is 0 Å². The summed E-state index contributed by atoms with van der Waals surface area (Å²) in [5.74, 6) is 6.66. The smallest absolute Gasteiger partial charge is 0.136 e. The number of carbonyl (C=O) groups excluding carboxylic acids is 1. The van der Waals surface area contributed by atoms with Crippen molar-refractivity contribution in [3.63, 3.8) is 0 Å². The van der Waals surface area contributed by atoms with Gasteiger partial charge in [-0.25, -0.2) is 0 Å². The molecule has 0 radical (unpaired) electrons. The molecule has 1 nitrogen and oxygen atoms in total. The van der Waals surface area contributed by atoms with Gasteiger partial charge in [0, 0.05) is 12.8 Å². The maximum atomic E-state index is 12.1. The van der Waals surface area contributed by atoms with Crippen molar-refractivity contribution in [2.75, 3.05) is 0 Å². The Labute approximate surface area is 186 Å². The zero-order valence-electron chi connectivity index (χ0n) is 20.8. The maximum absolute atomic E-state index is 12.1. The third kappa shape index (κ3) is 3.65. The lowest BCUT2D eigenvalue weighted by atomic mass is 9.47. The Bertz CT molecular complexity index is 674. The lowest BCUT2D eigenvalue weighted by Crippen LogP contribution is -2.50. The van der Waals surface area contributed by atoms with Crippen LogP contribution in [0, 0.1) is 52.3 Å². The molecule has 4 aliphatic rings. The summed E-state index contributed by atoms with van der Waals surface area (Å²) in [5, 5.41) is 0. The molecular weight excluding hydrogens is 364 g/mol. The van der Waals surface area contributed by atoms with E-state index in [0.717, 1.165) is 60.7 Å². The minimum absolute atomic E-state index is 0.327. The van der Waals surface area contributed by atoms with Gasteiger partial charge in [0.15, 0.2) is 0 Å². The summed E-state index contributed by atoms with van der Waals surface area (Å²) in [5.41, 5.74) is 2.41. The van der Waals surface area contributed by atoms with E-state index in [1.54, 1.807) is 0 Å². The fourth-order valence-electron chi connectivity index (χ4n) is 9.14. The van der Waals surface area contributed by atoms with Crippen LogP contribution in [0.15, 0.2) is 11.6 Å². The number of carbonyl (C=O) groups is 1. The third-order valence-corrected chi connectivity index (χ3v) is 11.2. The molecule has 0 bridgehead atoms. The molecule has 0 N–H and O–H groups in total. The number of ketones is 1. The van der Waals surface area contributed by atoms with Crippen molar-refractivity contribution in [2.24, 2.45) is 52.3 Å². The molecule has 1 heteroatoms. The Kier molecular flexibility index (Phi) is 6.33. The molecule has 0 heterocycles. The predicted octanol–water partition coefficient (Wildman–Crippen LogP) is 8.23. The topological polar surface area (TPSA) is 17.1 Å². The quantitative estimate of drug-likeness (QED) is 0.401. The second kappa shape index (κ2) is 8.40. The van der Waals surface area contributed by atoms with Gasteiger partial charge in [-0.1, -0.05) is 66.0 Å². The van der Waals surface area contributed by atoms with Crippen LogP contribution >= 0.6 is 0 Å². The van der Waals surface area contributed by atoms with Crippen molar-refractivity contribution in [3.8, 4) is 0 Å². The molecule has 0 unspecified atom stereocenters. The van der Waals surface area contributed by atoms with Crippen molar-refractivity contribution in [1.82, 2.24) is 0 Å². The Balaban J connectivity index is 1.48. The standard InChI is InChI=1S/C29H48O/c1-7-21(19(2)3)9-8-20(4)25-12-13-26-24-11-10-22-18-23(30)14-16-28(22,5)27(24)15-17-29(25,26)6/h10,19-21,24-27H,7-9,11-18H2,1-6H3/t20-,21-,24+,25-,26-,27+,28+,29-/m1/s1. The van der Waals surface area contributed by atoms with Crippen molar-refractivity contribution >= 4 is 5.78 Å². The number of hydrogen-bond donors (Lipinski definition) is 0. The van der Waals surface area contributed by atoms with Gasteiger partial charge in [0.1, 0.15) is 5.78 Å². The second-order valence-corrected chi connectivity index (χ2v) is 12.7. The van der Waals surface area contributed by atoms with Crippen molar-refractivity contribution < 1.29 is 4.79 Å². The molecule has 0 aromatic carbocycles. The van der Waals surface area contributed by atoms with Gasteiger partial charge in [0.25, 0.3) is 0 Å². The minimum atomic E-state index is 0.327. The molecule has 3 fully saturated rings. The van der Waals surface area contributed by atoms with E-state index >= 15 is 0 Å². The normalized spacial score (nSPS) is 42.9. The molecule has 0 amide bonds. The van der Waals surface area contributed by atoms with E-state index in [9.17, 15) is 4.79 Å². The minimum Gasteiger partial charge on any atom is -0.299 e. The number of hydrogen-bond acceptors (Lipinski definition) is 1. The molecule has 0 aromatic heterocycles. The second-order valence-electron chi connectivity index (χ2n) is 12.7. The summed E-state index contributed by atoms with van der Waals surface area (Å²) in [6, 6.07) is 0. The van der Waals surface area contributed by atoms with Crippen LogP contribution in [0.1, 0.15) is 112 Å². The maximum Gasteiger partial charge on any atom is 0.136 e. The lowest BCUT2D eigenvalue weighted by molar-refractivity contribution is -0.122. The van der Waals surface area contributed by atoms with Crippen LogP contribution in [-0.2, 0) is 4.79 Å². The summed E-state index contributed by atoms with van der Waals surface area (Å²) in [7, 11) is 0. The van der Waals surface area contributed by atoms with Gasteiger partial charge in [0.05, 0.1) is 0 Å². The van der Waals surface area contributed by atoms with Crippen LogP contribution in [-0.4, -0.2) is 5.78 Å². The van der Waals surface area contributed by atoms with Gasteiger partial charge in [-0.15, -0.1) is 0 Å². The van der Waals surface area contributed by atoms with Crippen LogP contribution in [0.4, 0.5) is 0 Å². The van der Waals surface area contributed by atoms with Gasteiger partial charge in [0.2, 0.25) is 0 Å². The van der Waals surface area contributed by atoms with Crippen LogP contribution in [0.2, 0.25) is 0 Å². The zero-order chi connectivity index (χ0) is 21.7. The Morgan fingerprint density at radius 3 is 2.50 bits per heavy atom.